The lowest BCUT2D eigenvalue weighted by Gasteiger charge is -2.35. The third-order valence-electron chi connectivity index (χ3n) is 7.18. The van der Waals surface area contributed by atoms with Crippen molar-refractivity contribution in [3.8, 4) is 10.8 Å². The molecule has 0 spiro atoms. The molecule has 2 aromatic carbocycles. The van der Waals surface area contributed by atoms with E-state index in [2.05, 4.69) is 22.0 Å². The molecule has 1 saturated heterocycles. The molecule has 5 rings (SSSR count). The zero-order valence-electron chi connectivity index (χ0n) is 21.4. The molecule has 1 fully saturated rings. The quantitative estimate of drug-likeness (QED) is 0.264. The maximum Gasteiger partial charge on any atom is 0.262 e. The van der Waals surface area contributed by atoms with E-state index in [0.717, 1.165) is 54.1 Å². The van der Waals surface area contributed by atoms with Crippen LogP contribution >= 0.6 is 22.9 Å². The number of thiophene rings is 1. The molecule has 1 atom stereocenters. The van der Waals surface area contributed by atoms with Crippen molar-refractivity contribution in [2.45, 2.75) is 38.5 Å². The van der Waals surface area contributed by atoms with Crippen LogP contribution in [0.4, 0.5) is 4.39 Å². The molecule has 1 amide bonds. The lowest BCUT2D eigenvalue weighted by Crippen LogP contribution is -2.42. The first-order valence-corrected chi connectivity index (χ1v) is 13.8. The van der Waals surface area contributed by atoms with Gasteiger partial charge in [-0.25, -0.2) is 9.37 Å². The van der Waals surface area contributed by atoms with Gasteiger partial charge >= 0.3 is 0 Å². The van der Waals surface area contributed by atoms with Gasteiger partial charge in [0, 0.05) is 29.2 Å². The molecular formula is C28H31ClFN5O2S. The second-order valence-corrected chi connectivity index (χ2v) is 11.2. The van der Waals surface area contributed by atoms with E-state index in [0.29, 0.717) is 21.7 Å². The molecule has 0 aliphatic carbocycles. The van der Waals surface area contributed by atoms with E-state index in [1.54, 1.807) is 11.2 Å². The number of primary amides is 1. The average molecular weight is 556 g/mol. The predicted molar refractivity (Wildman–Crippen MR) is 150 cm³/mol. The Bertz CT molecular complexity index is 1430. The molecule has 2 N–H and O–H groups in total. The van der Waals surface area contributed by atoms with Crippen LogP contribution in [0.1, 0.15) is 46.7 Å². The number of rotatable bonds is 9. The number of imidazole rings is 1. The second kappa shape index (κ2) is 11.4. The number of amides is 1. The normalized spacial score (nSPS) is 15.8. The van der Waals surface area contributed by atoms with Crippen LogP contribution in [0.2, 0.25) is 5.02 Å². The summed E-state index contributed by atoms with van der Waals surface area (Å²) in [7, 11) is 1.84. The van der Waals surface area contributed by atoms with Crippen LogP contribution in [0, 0.1) is 0 Å². The summed E-state index contributed by atoms with van der Waals surface area (Å²) in [4.78, 5) is 21.4. The molecule has 7 nitrogen and oxygen atoms in total. The van der Waals surface area contributed by atoms with Crippen LogP contribution in [0.25, 0.3) is 16.0 Å². The summed E-state index contributed by atoms with van der Waals surface area (Å²) in [6.45, 7) is 4.17. The third kappa shape index (κ3) is 5.56. The van der Waals surface area contributed by atoms with E-state index in [-0.39, 0.29) is 6.10 Å². The Kier molecular flexibility index (Phi) is 7.99. The number of hydrogen-bond acceptors (Lipinski definition) is 6. The molecule has 1 aliphatic rings. The number of likely N-dealkylation sites (tertiary alicyclic amines) is 1. The minimum Gasteiger partial charge on any atom is -0.484 e. The number of alkyl halides is 1. The van der Waals surface area contributed by atoms with Crippen molar-refractivity contribution < 1.29 is 13.9 Å². The van der Waals surface area contributed by atoms with E-state index in [4.69, 9.17) is 22.1 Å². The third-order valence-corrected chi connectivity index (χ3v) is 8.65. The number of halogens is 2. The Morgan fingerprint density at radius 1 is 1.26 bits per heavy atom. The summed E-state index contributed by atoms with van der Waals surface area (Å²) in [5, 5.41) is 1.39. The topological polar surface area (TPSA) is 76.6 Å². The van der Waals surface area contributed by atoms with Gasteiger partial charge in [-0.05, 0) is 63.7 Å². The lowest BCUT2D eigenvalue weighted by atomic mass is 10.0. The van der Waals surface area contributed by atoms with Crippen LogP contribution in [0.5, 0.6) is 5.75 Å². The van der Waals surface area contributed by atoms with Crippen LogP contribution < -0.4 is 10.5 Å². The fourth-order valence-electron chi connectivity index (χ4n) is 5.00. The lowest BCUT2D eigenvalue weighted by molar-refractivity contribution is 0.0929. The summed E-state index contributed by atoms with van der Waals surface area (Å²) in [6, 6.07) is 15.9. The number of nitrogens with zero attached hydrogens (tertiary/aromatic N) is 4. The Hall–Kier alpha value is -2.98. The number of hydrogen-bond donors (Lipinski definition) is 1. The summed E-state index contributed by atoms with van der Waals surface area (Å²) < 4.78 is 21.1. The van der Waals surface area contributed by atoms with Crippen LogP contribution in [0.15, 0.2) is 54.9 Å². The molecule has 0 saturated carbocycles. The molecule has 3 heterocycles. The van der Waals surface area contributed by atoms with Gasteiger partial charge in [-0.15, -0.1) is 11.3 Å². The molecule has 200 valence electrons. The first-order chi connectivity index (χ1) is 18.3. The maximum atomic E-state index is 13.0. The van der Waals surface area contributed by atoms with Gasteiger partial charge in [0.25, 0.3) is 5.91 Å². The van der Waals surface area contributed by atoms with Gasteiger partial charge in [0.15, 0.2) is 0 Å². The van der Waals surface area contributed by atoms with Gasteiger partial charge in [0.2, 0.25) is 0 Å². The highest BCUT2D eigenvalue weighted by molar-refractivity contribution is 7.16. The van der Waals surface area contributed by atoms with Crippen molar-refractivity contribution >= 4 is 39.9 Å². The number of nitrogens with two attached hydrogens (primary N) is 1. The first kappa shape index (κ1) is 26.6. The van der Waals surface area contributed by atoms with E-state index < -0.39 is 12.7 Å². The van der Waals surface area contributed by atoms with E-state index in [1.165, 1.54) is 16.9 Å². The number of carbonyl (C=O) groups is 1. The highest BCUT2D eigenvalue weighted by Gasteiger charge is 2.23. The van der Waals surface area contributed by atoms with Gasteiger partial charge in [-0.2, -0.15) is 0 Å². The number of benzene rings is 2. The molecule has 2 aromatic heterocycles. The van der Waals surface area contributed by atoms with Crippen molar-refractivity contribution in [3.05, 3.63) is 75.9 Å². The van der Waals surface area contributed by atoms with Gasteiger partial charge < -0.3 is 10.5 Å². The Labute approximate surface area is 230 Å². The van der Waals surface area contributed by atoms with Crippen LogP contribution in [-0.4, -0.2) is 58.2 Å². The van der Waals surface area contributed by atoms with Crippen molar-refractivity contribution in [1.29, 1.82) is 0 Å². The monoisotopic (exact) mass is 555 g/mol. The fourth-order valence-corrected chi connectivity index (χ4v) is 6.22. The number of aromatic nitrogens is 2. The molecule has 10 heteroatoms. The average Bonchev–Trinajstić information content (AvgIpc) is 3.53. The maximum absolute atomic E-state index is 13.0. The SMILES string of the molecule is C[C@@H](Oc1cc(-n2cnc3ccc(CN4CCC(N(C)CF)CC4)cc32)sc1C(N)=O)c1ccccc1Cl. The number of fused-ring (bicyclic) bond motifs is 1. The summed E-state index contributed by atoms with van der Waals surface area (Å²) in [5.74, 6) is -0.126. The summed E-state index contributed by atoms with van der Waals surface area (Å²) in [5.41, 5.74) is 9.52. The summed E-state index contributed by atoms with van der Waals surface area (Å²) >= 11 is 7.62. The van der Waals surface area contributed by atoms with Crippen molar-refractivity contribution in [2.75, 3.05) is 26.9 Å². The highest BCUT2D eigenvalue weighted by atomic mass is 35.5. The molecular weight excluding hydrogens is 525 g/mol. The Balaban J connectivity index is 1.38. The Morgan fingerprint density at radius 2 is 2.03 bits per heavy atom. The minimum atomic E-state index is -0.547. The molecule has 0 radical (unpaired) electrons. The van der Waals surface area contributed by atoms with Gasteiger partial charge in [0.1, 0.15) is 34.9 Å². The van der Waals surface area contributed by atoms with Crippen molar-refractivity contribution in [3.63, 3.8) is 0 Å². The van der Waals surface area contributed by atoms with Crippen molar-refractivity contribution in [1.82, 2.24) is 19.4 Å². The molecule has 0 bridgehead atoms. The summed E-state index contributed by atoms with van der Waals surface area (Å²) in [6.07, 6.45) is 3.30. The van der Waals surface area contributed by atoms with Crippen LogP contribution in [0.3, 0.4) is 0 Å². The van der Waals surface area contributed by atoms with E-state index >= 15 is 0 Å². The van der Waals surface area contributed by atoms with Gasteiger partial charge in [-0.3, -0.25) is 19.2 Å². The van der Waals surface area contributed by atoms with E-state index in [1.807, 2.05) is 54.9 Å². The molecule has 1 aliphatic heterocycles. The number of ether oxygens (including phenoxy) is 1. The molecule has 38 heavy (non-hydrogen) atoms. The molecule has 4 aromatic rings. The Morgan fingerprint density at radius 3 is 2.74 bits per heavy atom. The molecule has 0 unspecified atom stereocenters. The first-order valence-electron chi connectivity index (χ1n) is 12.6. The second-order valence-electron chi connectivity index (χ2n) is 9.75. The van der Waals surface area contributed by atoms with Gasteiger partial charge in [0.05, 0.1) is 11.0 Å². The largest absolute Gasteiger partial charge is 0.484 e. The number of carbonyl (C=O) groups excluding carboxylic acids is 1. The van der Waals surface area contributed by atoms with Gasteiger partial charge in [-0.1, -0.05) is 35.9 Å². The fraction of sp³-hybridized carbons (Fsp3) is 0.357. The number of piperidine rings is 1. The standard InChI is InChI=1S/C28H31ClFN5O2S/c1-18(21-5-3-4-6-22(21)29)37-25-14-26(38-27(25)28(31)36)35-17-32-23-8-7-19(13-24(23)35)15-34-11-9-20(10-12-34)33(2)16-30/h3-8,13-14,17-18,20H,9-12,15-16H2,1-2H3,(H2,31,36)/t18-/m1/s1. The van der Waals surface area contributed by atoms with E-state index in [9.17, 15) is 9.18 Å². The zero-order valence-corrected chi connectivity index (χ0v) is 23.0. The minimum absolute atomic E-state index is 0.301. The van der Waals surface area contributed by atoms with Crippen molar-refractivity contribution in [2.24, 2.45) is 5.73 Å². The smallest absolute Gasteiger partial charge is 0.262 e. The predicted octanol–water partition coefficient (Wildman–Crippen LogP) is 5.80. The zero-order chi connectivity index (χ0) is 26.8. The van der Waals surface area contributed by atoms with Crippen LogP contribution in [-0.2, 0) is 6.54 Å². The highest BCUT2D eigenvalue weighted by Crippen LogP contribution is 2.37.